The number of rotatable bonds is 8. The second-order valence-electron chi connectivity index (χ2n) is 5.26. The van der Waals surface area contributed by atoms with E-state index in [-0.39, 0.29) is 17.2 Å². The number of hydrogen-bond donors (Lipinski definition) is 1. The Balaban J connectivity index is 2.37. The highest BCUT2D eigenvalue weighted by atomic mass is 32.1. The van der Waals surface area contributed by atoms with Gasteiger partial charge in [-0.2, -0.15) is 0 Å². The highest BCUT2D eigenvalue weighted by molar-refractivity contribution is 7.80. The maximum absolute atomic E-state index is 12.6. The number of benzene rings is 1. The zero-order valence-electron chi connectivity index (χ0n) is 14.5. The number of thiocarbonyl (C=S) groups is 1. The molecule has 0 atom stereocenters. The van der Waals surface area contributed by atoms with Gasteiger partial charge in [0.25, 0.3) is 11.8 Å². The topological polar surface area (TPSA) is 67.9 Å². The molecule has 1 aliphatic heterocycles. The van der Waals surface area contributed by atoms with Crippen LogP contribution < -0.4 is 14.8 Å². The summed E-state index contributed by atoms with van der Waals surface area (Å²) in [6.07, 6.45) is 4.67. The predicted octanol–water partition coefficient (Wildman–Crippen LogP) is 2.46. The molecule has 6 nitrogen and oxygen atoms in total. The summed E-state index contributed by atoms with van der Waals surface area (Å²) < 4.78 is 11.1. The molecule has 0 saturated carbocycles. The number of hydrogen-bond acceptors (Lipinski definition) is 5. The third-order valence-electron chi connectivity index (χ3n) is 3.43. The number of carbonyl (C=O) groups excluding carboxylic acids is 2. The lowest BCUT2D eigenvalue weighted by Gasteiger charge is -2.27. The fourth-order valence-electron chi connectivity index (χ4n) is 2.31. The maximum Gasteiger partial charge on any atom is 0.265 e. The van der Waals surface area contributed by atoms with Crippen LogP contribution >= 0.6 is 12.2 Å². The van der Waals surface area contributed by atoms with Crippen molar-refractivity contribution in [2.75, 3.05) is 19.8 Å². The maximum atomic E-state index is 12.6. The second-order valence-corrected chi connectivity index (χ2v) is 5.65. The van der Waals surface area contributed by atoms with Crippen molar-refractivity contribution >= 4 is 35.2 Å². The van der Waals surface area contributed by atoms with Crippen LogP contribution in [-0.2, 0) is 9.59 Å². The number of nitrogens with zero attached hydrogens (tertiary/aromatic N) is 1. The third-order valence-corrected chi connectivity index (χ3v) is 3.76. The first-order chi connectivity index (χ1) is 12.5. The molecule has 1 N–H and O–H groups in total. The molecule has 136 valence electrons. The average Bonchev–Trinajstić information content (AvgIpc) is 2.61. The van der Waals surface area contributed by atoms with Crippen molar-refractivity contribution in [3.05, 3.63) is 54.6 Å². The predicted molar refractivity (Wildman–Crippen MR) is 104 cm³/mol. The Hall–Kier alpha value is -2.93. The van der Waals surface area contributed by atoms with Gasteiger partial charge in [-0.15, -0.1) is 6.58 Å². The van der Waals surface area contributed by atoms with Gasteiger partial charge in [0.2, 0.25) is 0 Å². The average molecular weight is 372 g/mol. The molecule has 1 heterocycles. The summed E-state index contributed by atoms with van der Waals surface area (Å²) in [6, 6.07) is 5.16. The number of amides is 2. The van der Waals surface area contributed by atoms with E-state index < -0.39 is 11.8 Å². The summed E-state index contributed by atoms with van der Waals surface area (Å²) in [7, 11) is 0. The normalized spacial score (nSPS) is 15.7. The van der Waals surface area contributed by atoms with E-state index in [1.807, 2.05) is 6.92 Å². The van der Waals surface area contributed by atoms with Crippen LogP contribution in [0.25, 0.3) is 6.08 Å². The lowest BCUT2D eigenvalue weighted by molar-refractivity contribution is -0.128. The molecule has 26 heavy (non-hydrogen) atoms. The van der Waals surface area contributed by atoms with Crippen LogP contribution in [0.2, 0.25) is 0 Å². The van der Waals surface area contributed by atoms with E-state index in [1.54, 1.807) is 24.3 Å². The van der Waals surface area contributed by atoms with Crippen molar-refractivity contribution in [1.82, 2.24) is 10.2 Å². The molecule has 1 fully saturated rings. The molecule has 0 aromatic heterocycles. The molecular formula is C19H20N2O4S. The number of ether oxygens (including phenoxy) is 2. The van der Waals surface area contributed by atoms with E-state index in [2.05, 4.69) is 18.5 Å². The Morgan fingerprint density at radius 3 is 2.62 bits per heavy atom. The van der Waals surface area contributed by atoms with E-state index in [9.17, 15) is 9.59 Å². The molecule has 0 unspecified atom stereocenters. The Labute approximate surface area is 157 Å². The summed E-state index contributed by atoms with van der Waals surface area (Å²) in [6.45, 7) is 10.1. The minimum atomic E-state index is -0.537. The molecule has 0 spiro atoms. The minimum absolute atomic E-state index is 0.0114. The summed E-state index contributed by atoms with van der Waals surface area (Å²) in [5, 5.41) is 2.58. The first kappa shape index (κ1) is 19.4. The molecular weight excluding hydrogens is 352 g/mol. The van der Waals surface area contributed by atoms with Crippen LogP contribution in [0.5, 0.6) is 11.5 Å². The lowest BCUT2D eigenvalue weighted by Crippen LogP contribution is -2.53. The fraction of sp³-hybridized carbons (Fsp3) is 0.211. The summed E-state index contributed by atoms with van der Waals surface area (Å²) in [5.74, 6) is 0.0717. The Morgan fingerprint density at radius 1 is 1.19 bits per heavy atom. The van der Waals surface area contributed by atoms with E-state index in [1.165, 1.54) is 17.1 Å². The van der Waals surface area contributed by atoms with Crippen LogP contribution in [0, 0.1) is 0 Å². The van der Waals surface area contributed by atoms with Gasteiger partial charge in [0.15, 0.2) is 16.6 Å². The molecule has 0 bridgehead atoms. The highest BCUT2D eigenvalue weighted by Crippen LogP contribution is 2.29. The molecule has 7 heteroatoms. The SMILES string of the molecule is C=CCOc1ccc(/C=C2/C(=O)NC(=S)N(CC=C)C2=O)cc1OCC. The van der Waals surface area contributed by atoms with Gasteiger partial charge in [-0.05, 0) is 42.9 Å². The second kappa shape index (κ2) is 8.96. The van der Waals surface area contributed by atoms with E-state index >= 15 is 0 Å². The molecule has 1 aliphatic rings. The number of carbonyl (C=O) groups is 2. The van der Waals surface area contributed by atoms with Gasteiger partial charge in [-0.1, -0.05) is 24.8 Å². The fourth-order valence-corrected chi connectivity index (χ4v) is 2.56. The van der Waals surface area contributed by atoms with Gasteiger partial charge < -0.3 is 9.47 Å². The summed E-state index contributed by atoms with van der Waals surface area (Å²) >= 11 is 5.03. The quantitative estimate of drug-likeness (QED) is 0.329. The van der Waals surface area contributed by atoms with Crippen molar-refractivity contribution in [2.24, 2.45) is 0 Å². The monoisotopic (exact) mass is 372 g/mol. The number of nitrogens with one attached hydrogen (secondary N) is 1. The van der Waals surface area contributed by atoms with Crippen LogP contribution in [0.1, 0.15) is 12.5 Å². The lowest BCUT2D eigenvalue weighted by atomic mass is 10.1. The van der Waals surface area contributed by atoms with E-state index in [0.717, 1.165) is 0 Å². The van der Waals surface area contributed by atoms with Gasteiger partial charge in [0.1, 0.15) is 12.2 Å². The van der Waals surface area contributed by atoms with Crippen molar-refractivity contribution in [1.29, 1.82) is 0 Å². The first-order valence-electron chi connectivity index (χ1n) is 8.02. The van der Waals surface area contributed by atoms with Crippen molar-refractivity contribution in [2.45, 2.75) is 6.92 Å². The smallest absolute Gasteiger partial charge is 0.265 e. The van der Waals surface area contributed by atoms with Crippen LogP contribution in [0.15, 0.2) is 49.1 Å². The van der Waals surface area contributed by atoms with Crippen molar-refractivity contribution in [3.8, 4) is 11.5 Å². The Kier molecular flexibility index (Phi) is 6.68. The largest absolute Gasteiger partial charge is 0.490 e. The van der Waals surface area contributed by atoms with Crippen LogP contribution in [-0.4, -0.2) is 41.6 Å². The molecule has 0 radical (unpaired) electrons. The van der Waals surface area contributed by atoms with E-state index in [0.29, 0.717) is 30.3 Å². The molecule has 1 saturated heterocycles. The first-order valence-corrected chi connectivity index (χ1v) is 8.43. The summed E-state index contributed by atoms with van der Waals surface area (Å²) in [4.78, 5) is 26.0. The van der Waals surface area contributed by atoms with Crippen LogP contribution in [0.4, 0.5) is 0 Å². The molecule has 1 aromatic rings. The Bertz CT molecular complexity index is 786. The molecule has 2 amide bonds. The van der Waals surface area contributed by atoms with Gasteiger partial charge in [0, 0.05) is 6.54 Å². The van der Waals surface area contributed by atoms with Gasteiger partial charge in [-0.25, -0.2) is 0 Å². The zero-order chi connectivity index (χ0) is 19.1. The molecule has 0 aliphatic carbocycles. The van der Waals surface area contributed by atoms with Gasteiger partial charge in [0.05, 0.1) is 6.61 Å². The van der Waals surface area contributed by atoms with Crippen molar-refractivity contribution in [3.63, 3.8) is 0 Å². The highest BCUT2D eigenvalue weighted by Gasteiger charge is 2.32. The van der Waals surface area contributed by atoms with Crippen molar-refractivity contribution < 1.29 is 19.1 Å². The van der Waals surface area contributed by atoms with Gasteiger partial charge >= 0.3 is 0 Å². The van der Waals surface area contributed by atoms with Crippen LogP contribution in [0.3, 0.4) is 0 Å². The standard InChI is InChI=1S/C19H20N2O4S/c1-4-9-21-18(23)14(17(22)20-19(21)26)11-13-7-8-15(25-10-5-2)16(12-13)24-6-3/h4-5,7-8,11-12H,1-2,6,9-10H2,3H3,(H,20,22,26)/b14-11-. The minimum Gasteiger partial charge on any atom is -0.490 e. The zero-order valence-corrected chi connectivity index (χ0v) is 15.3. The van der Waals surface area contributed by atoms with E-state index in [4.69, 9.17) is 21.7 Å². The Morgan fingerprint density at radius 2 is 1.96 bits per heavy atom. The summed E-state index contributed by atoms with van der Waals surface area (Å²) in [5.41, 5.74) is 0.618. The third kappa shape index (κ3) is 4.37. The molecule has 1 aromatic carbocycles. The van der Waals surface area contributed by atoms with Gasteiger partial charge in [-0.3, -0.25) is 19.8 Å². The molecule has 2 rings (SSSR count).